The molecule has 0 spiro atoms. The number of imidazole rings is 1. The normalized spacial score (nSPS) is 18.9. The van der Waals surface area contributed by atoms with Crippen LogP contribution in [0, 0.1) is 0 Å². The molecule has 5 heterocycles. The molecule has 3 aromatic rings. The van der Waals surface area contributed by atoms with Gasteiger partial charge in [-0.3, -0.25) is 14.6 Å². The fourth-order valence-corrected chi connectivity index (χ4v) is 4.25. The summed E-state index contributed by atoms with van der Waals surface area (Å²) < 4.78 is 9.93. The molecule has 0 saturated carbocycles. The molecule has 8 heteroatoms. The molecule has 0 aliphatic carbocycles. The number of aryl methyl sites for hydroxylation is 1. The third kappa shape index (κ3) is 3.96. The molecule has 8 nitrogen and oxygen atoms in total. The summed E-state index contributed by atoms with van der Waals surface area (Å²) in [6, 6.07) is 6.65. The van der Waals surface area contributed by atoms with Gasteiger partial charge < -0.3 is 14.6 Å². The third-order valence-electron chi connectivity index (χ3n) is 5.78. The number of hydrogen-bond acceptors (Lipinski definition) is 6. The van der Waals surface area contributed by atoms with E-state index >= 15 is 0 Å². The Labute approximate surface area is 170 Å². The van der Waals surface area contributed by atoms with Gasteiger partial charge in [-0.2, -0.15) is 5.10 Å². The van der Waals surface area contributed by atoms with Crippen molar-refractivity contribution < 1.29 is 4.74 Å². The number of ether oxygens (including phenoxy) is 1. The first-order valence-electron chi connectivity index (χ1n) is 10.4. The van der Waals surface area contributed by atoms with Gasteiger partial charge in [0.2, 0.25) is 0 Å². The molecule has 2 aliphatic rings. The van der Waals surface area contributed by atoms with E-state index in [0.29, 0.717) is 0 Å². The number of morpholine rings is 1. The summed E-state index contributed by atoms with van der Waals surface area (Å²) in [5, 5.41) is 8.32. The highest BCUT2D eigenvalue weighted by molar-refractivity contribution is 5.50. The molecule has 1 fully saturated rings. The second-order valence-electron chi connectivity index (χ2n) is 7.62. The van der Waals surface area contributed by atoms with Crippen LogP contribution in [-0.4, -0.2) is 62.1 Å². The molecule has 152 valence electrons. The van der Waals surface area contributed by atoms with Crippen molar-refractivity contribution in [3.05, 3.63) is 54.2 Å². The van der Waals surface area contributed by atoms with Crippen LogP contribution in [0.2, 0.25) is 0 Å². The molecule has 1 atom stereocenters. The van der Waals surface area contributed by atoms with Crippen LogP contribution in [0.25, 0.3) is 11.5 Å². The van der Waals surface area contributed by atoms with Crippen molar-refractivity contribution in [2.45, 2.75) is 32.1 Å². The summed E-state index contributed by atoms with van der Waals surface area (Å²) in [5.74, 6) is 0.929. The smallest absolute Gasteiger partial charge is 0.160 e. The number of pyridine rings is 1. The maximum absolute atomic E-state index is 5.58. The lowest BCUT2D eigenvalue weighted by Crippen LogP contribution is -2.40. The minimum atomic E-state index is 0.247. The Morgan fingerprint density at radius 2 is 1.97 bits per heavy atom. The zero-order chi connectivity index (χ0) is 19.5. The highest BCUT2D eigenvalue weighted by Gasteiger charge is 2.25. The van der Waals surface area contributed by atoms with E-state index in [9.17, 15) is 0 Å². The van der Waals surface area contributed by atoms with E-state index in [4.69, 9.17) is 9.84 Å². The Balaban J connectivity index is 1.44. The van der Waals surface area contributed by atoms with Crippen molar-refractivity contribution in [3.8, 4) is 11.5 Å². The maximum atomic E-state index is 5.58. The van der Waals surface area contributed by atoms with Gasteiger partial charge >= 0.3 is 0 Å². The number of nitrogens with zero attached hydrogens (tertiary/aromatic N) is 6. The average Bonchev–Trinajstić information content (AvgIpc) is 3.34. The summed E-state index contributed by atoms with van der Waals surface area (Å²) in [7, 11) is 0. The van der Waals surface area contributed by atoms with Crippen LogP contribution in [0.4, 0.5) is 0 Å². The number of fused-ring (bicyclic) bond motifs is 1. The predicted molar refractivity (Wildman–Crippen MR) is 109 cm³/mol. The first-order valence-corrected chi connectivity index (χ1v) is 10.4. The van der Waals surface area contributed by atoms with Crippen LogP contribution in [0.5, 0.6) is 0 Å². The lowest BCUT2D eigenvalue weighted by Gasteiger charge is -2.35. The Morgan fingerprint density at radius 1 is 1.10 bits per heavy atom. The first kappa shape index (κ1) is 18.5. The van der Waals surface area contributed by atoms with Crippen molar-refractivity contribution >= 4 is 0 Å². The van der Waals surface area contributed by atoms with Gasteiger partial charge in [-0.05, 0) is 36.7 Å². The van der Waals surface area contributed by atoms with E-state index in [1.54, 1.807) is 0 Å². The minimum Gasteiger partial charge on any atom is -0.379 e. The number of aromatic nitrogens is 5. The highest BCUT2D eigenvalue weighted by Crippen LogP contribution is 2.26. The molecule has 0 aromatic carbocycles. The largest absolute Gasteiger partial charge is 0.379 e. The first-order chi connectivity index (χ1) is 14.4. The van der Waals surface area contributed by atoms with Gasteiger partial charge in [0, 0.05) is 57.5 Å². The molecule has 1 N–H and O–H groups in total. The highest BCUT2D eigenvalue weighted by atomic mass is 16.5. The number of rotatable bonds is 5. The van der Waals surface area contributed by atoms with Crippen molar-refractivity contribution in [1.29, 1.82) is 0 Å². The quantitative estimate of drug-likeness (QED) is 0.712. The Bertz CT molecular complexity index is 906. The van der Waals surface area contributed by atoms with Crippen LogP contribution in [0.1, 0.15) is 23.7 Å². The molecule has 0 amide bonds. The zero-order valence-electron chi connectivity index (χ0n) is 16.6. The fraction of sp³-hybridized carbons (Fsp3) is 0.476. The SMILES string of the molecule is c1cc([C@@H](Cn2ccnc2-c2cc3n(n2)CCCNC3)N2CCOCC2)ccn1. The summed E-state index contributed by atoms with van der Waals surface area (Å²) in [6.45, 7) is 7.10. The van der Waals surface area contributed by atoms with Crippen molar-refractivity contribution in [1.82, 2.24) is 34.5 Å². The van der Waals surface area contributed by atoms with E-state index in [-0.39, 0.29) is 6.04 Å². The van der Waals surface area contributed by atoms with E-state index in [0.717, 1.165) is 70.4 Å². The van der Waals surface area contributed by atoms with E-state index < -0.39 is 0 Å². The summed E-state index contributed by atoms with van der Waals surface area (Å²) in [6.07, 6.45) is 8.78. The standard InChI is InChI=1S/C21H27N7O/c1-4-23-15-18-14-19(25-28(18)8-1)21-24-7-9-27(21)16-20(17-2-5-22-6-3-17)26-10-12-29-13-11-26/h2-3,5-7,9,14,20,23H,1,4,8,10-13,15-16H2/t20-/m1/s1. The van der Waals surface area contributed by atoms with Crippen LogP contribution in [-0.2, 0) is 24.4 Å². The lowest BCUT2D eigenvalue weighted by atomic mass is 10.1. The van der Waals surface area contributed by atoms with Gasteiger partial charge in [-0.1, -0.05) is 0 Å². The molecule has 3 aromatic heterocycles. The minimum absolute atomic E-state index is 0.247. The second-order valence-corrected chi connectivity index (χ2v) is 7.62. The van der Waals surface area contributed by atoms with Crippen LogP contribution in [0.15, 0.2) is 43.0 Å². The van der Waals surface area contributed by atoms with Gasteiger partial charge in [-0.15, -0.1) is 0 Å². The molecule has 0 bridgehead atoms. The van der Waals surface area contributed by atoms with Gasteiger partial charge in [0.15, 0.2) is 5.82 Å². The molecule has 1 saturated heterocycles. The van der Waals surface area contributed by atoms with Gasteiger partial charge in [-0.25, -0.2) is 4.98 Å². The second kappa shape index (κ2) is 8.44. The molecule has 5 rings (SSSR count). The fourth-order valence-electron chi connectivity index (χ4n) is 4.25. The summed E-state index contributed by atoms with van der Waals surface area (Å²) in [5.41, 5.74) is 3.45. The topological polar surface area (TPSA) is 73.0 Å². The molecule has 2 aliphatic heterocycles. The van der Waals surface area contributed by atoms with E-state index in [1.807, 2.05) is 18.6 Å². The summed E-state index contributed by atoms with van der Waals surface area (Å²) in [4.78, 5) is 11.4. The van der Waals surface area contributed by atoms with Gasteiger partial charge in [0.05, 0.1) is 24.9 Å². The van der Waals surface area contributed by atoms with Crippen molar-refractivity contribution in [2.75, 3.05) is 32.8 Å². The maximum Gasteiger partial charge on any atom is 0.160 e. The van der Waals surface area contributed by atoms with Gasteiger partial charge in [0.25, 0.3) is 0 Å². The monoisotopic (exact) mass is 393 g/mol. The molecule has 0 unspecified atom stereocenters. The Kier molecular flexibility index (Phi) is 5.38. The molecule has 29 heavy (non-hydrogen) atoms. The average molecular weight is 393 g/mol. The van der Waals surface area contributed by atoms with E-state index in [1.165, 1.54) is 11.3 Å². The molecule has 0 radical (unpaired) electrons. The van der Waals surface area contributed by atoms with Crippen molar-refractivity contribution in [3.63, 3.8) is 0 Å². The Hall–Kier alpha value is -2.55. The summed E-state index contributed by atoms with van der Waals surface area (Å²) >= 11 is 0. The van der Waals surface area contributed by atoms with Crippen LogP contribution >= 0.6 is 0 Å². The van der Waals surface area contributed by atoms with Gasteiger partial charge in [0.1, 0.15) is 5.69 Å². The Morgan fingerprint density at radius 3 is 2.83 bits per heavy atom. The van der Waals surface area contributed by atoms with Crippen LogP contribution in [0.3, 0.4) is 0 Å². The number of nitrogens with one attached hydrogen (secondary N) is 1. The molecular weight excluding hydrogens is 366 g/mol. The third-order valence-corrected chi connectivity index (χ3v) is 5.78. The number of hydrogen-bond donors (Lipinski definition) is 1. The predicted octanol–water partition coefficient (Wildman–Crippen LogP) is 1.71. The van der Waals surface area contributed by atoms with Crippen molar-refractivity contribution in [2.24, 2.45) is 0 Å². The van der Waals surface area contributed by atoms with E-state index in [2.05, 4.69) is 53.8 Å². The zero-order valence-corrected chi connectivity index (χ0v) is 16.6. The van der Waals surface area contributed by atoms with Crippen LogP contribution < -0.4 is 5.32 Å². The lowest BCUT2D eigenvalue weighted by molar-refractivity contribution is 0.0124. The molecular formula is C21H27N7O.